The second kappa shape index (κ2) is 5.93. The Labute approximate surface area is 130 Å². The van der Waals surface area contributed by atoms with Crippen molar-refractivity contribution in [2.45, 2.75) is 25.3 Å². The molecule has 1 amide bonds. The van der Waals surface area contributed by atoms with E-state index in [1.165, 1.54) is 0 Å². The summed E-state index contributed by atoms with van der Waals surface area (Å²) >= 11 is 0. The molecule has 0 aromatic heterocycles. The Kier molecular flexibility index (Phi) is 3.98. The summed E-state index contributed by atoms with van der Waals surface area (Å²) in [5, 5.41) is 9.86. The van der Waals surface area contributed by atoms with Crippen LogP contribution < -0.4 is 16.0 Å². The van der Waals surface area contributed by atoms with Crippen LogP contribution in [-0.2, 0) is 4.79 Å². The van der Waals surface area contributed by atoms with E-state index in [2.05, 4.69) is 46.7 Å². The molecule has 3 N–H and O–H groups in total. The van der Waals surface area contributed by atoms with E-state index in [9.17, 15) is 4.79 Å². The Morgan fingerprint density at radius 3 is 2.86 bits per heavy atom. The molecule has 0 saturated carbocycles. The maximum atomic E-state index is 12.5. The van der Waals surface area contributed by atoms with Crippen LogP contribution >= 0.6 is 0 Å². The van der Waals surface area contributed by atoms with Crippen LogP contribution in [-0.4, -0.2) is 37.8 Å². The zero-order valence-electron chi connectivity index (χ0n) is 12.9. The molecule has 116 valence electrons. The minimum atomic E-state index is -0.475. The molecule has 2 aliphatic rings. The number of carbonyl (C=O) groups excluding carboxylic acids is 1. The highest BCUT2D eigenvalue weighted by Crippen LogP contribution is 2.36. The topological polar surface area (TPSA) is 65.5 Å². The lowest BCUT2D eigenvalue weighted by molar-refractivity contribution is -0.121. The van der Waals surface area contributed by atoms with Crippen molar-refractivity contribution in [1.29, 1.82) is 0 Å². The zero-order chi connectivity index (χ0) is 15.6. The third-order valence-corrected chi connectivity index (χ3v) is 4.52. The highest BCUT2D eigenvalue weighted by atomic mass is 16.2. The van der Waals surface area contributed by atoms with Gasteiger partial charge in [0.15, 0.2) is 0 Å². The van der Waals surface area contributed by atoms with Gasteiger partial charge in [-0.1, -0.05) is 12.1 Å². The second-order valence-electron chi connectivity index (χ2n) is 5.96. The summed E-state index contributed by atoms with van der Waals surface area (Å²) in [6.07, 6.45) is 3.66. The molecule has 5 nitrogen and oxygen atoms in total. The molecule has 0 radical (unpaired) electrons. The Bertz CT molecular complexity index is 630. The number of nitrogens with zero attached hydrogens (tertiary/aromatic N) is 1. The van der Waals surface area contributed by atoms with E-state index in [0.717, 1.165) is 48.4 Å². The van der Waals surface area contributed by atoms with Crippen molar-refractivity contribution in [1.82, 2.24) is 5.32 Å². The first-order valence-electron chi connectivity index (χ1n) is 7.69. The van der Waals surface area contributed by atoms with E-state index in [1.54, 1.807) is 0 Å². The predicted molar refractivity (Wildman–Crippen MR) is 91.6 cm³/mol. The number of anilines is 2. The van der Waals surface area contributed by atoms with Crippen molar-refractivity contribution in [2.75, 3.05) is 30.3 Å². The van der Waals surface area contributed by atoms with E-state index < -0.39 is 5.54 Å². The second-order valence-corrected chi connectivity index (χ2v) is 5.96. The Morgan fingerprint density at radius 2 is 2.14 bits per heavy atom. The summed E-state index contributed by atoms with van der Waals surface area (Å²) in [6, 6.07) is 6.09. The Morgan fingerprint density at radius 1 is 1.36 bits per heavy atom. The van der Waals surface area contributed by atoms with Crippen molar-refractivity contribution >= 4 is 29.6 Å². The maximum Gasteiger partial charge on any atom is 0.250 e. The SMILES string of the molecule is C=NC/C=C(\C)c1ccc2c(c1)NC1(CCNCC1)C(=O)N2. The lowest BCUT2D eigenvalue weighted by atomic mass is 9.85. The minimum Gasteiger partial charge on any atom is -0.369 e. The average Bonchev–Trinajstić information content (AvgIpc) is 2.54. The van der Waals surface area contributed by atoms with Gasteiger partial charge in [0.2, 0.25) is 5.91 Å². The molecule has 3 rings (SSSR count). The van der Waals surface area contributed by atoms with E-state index in [0.29, 0.717) is 6.54 Å². The molecule has 0 unspecified atom stereocenters. The van der Waals surface area contributed by atoms with Crippen molar-refractivity contribution < 1.29 is 4.79 Å². The fourth-order valence-electron chi connectivity index (χ4n) is 3.08. The molecule has 2 aliphatic heterocycles. The molecule has 0 aliphatic carbocycles. The number of benzene rings is 1. The molecular weight excluding hydrogens is 276 g/mol. The monoisotopic (exact) mass is 298 g/mol. The largest absolute Gasteiger partial charge is 0.369 e. The molecule has 1 fully saturated rings. The molecule has 1 saturated heterocycles. The lowest BCUT2D eigenvalue weighted by Crippen LogP contribution is -2.57. The van der Waals surface area contributed by atoms with E-state index in [1.807, 2.05) is 12.1 Å². The number of carbonyl (C=O) groups is 1. The van der Waals surface area contributed by atoms with Gasteiger partial charge in [-0.2, -0.15) is 0 Å². The van der Waals surface area contributed by atoms with Crippen molar-refractivity contribution in [3.8, 4) is 0 Å². The zero-order valence-corrected chi connectivity index (χ0v) is 12.9. The van der Waals surface area contributed by atoms with Gasteiger partial charge in [-0.15, -0.1) is 0 Å². The number of fused-ring (bicyclic) bond motifs is 1. The molecule has 22 heavy (non-hydrogen) atoms. The Balaban J connectivity index is 1.91. The normalized spacial score (nSPS) is 20.0. The van der Waals surface area contributed by atoms with Gasteiger partial charge in [-0.05, 0) is 62.8 Å². The first-order chi connectivity index (χ1) is 10.6. The van der Waals surface area contributed by atoms with Crippen LogP contribution in [0, 0.1) is 0 Å². The molecule has 1 spiro atoms. The lowest BCUT2D eigenvalue weighted by Gasteiger charge is -2.41. The van der Waals surface area contributed by atoms with E-state index in [-0.39, 0.29) is 5.91 Å². The van der Waals surface area contributed by atoms with Crippen LogP contribution in [0.1, 0.15) is 25.3 Å². The molecular formula is C17H22N4O. The van der Waals surface area contributed by atoms with Gasteiger partial charge in [0.25, 0.3) is 0 Å². The van der Waals surface area contributed by atoms with Crippen LogP contribution in [0.15, 0.2) is 29.3 Å². The summed E-state index contributed by atoms with van der Waals surface area (Å²) in [5.74, 6) is 0.0809. The smallest absolute Gasteiger partial charge is 0.250 e. The number of hydrogen-bond donors (Lipinski definition) is 3. The van der Waals surface area contributed by atoms with Gasteiger partial charge in [0.1, 0.15) is 5.54 Å². The summed E-state index contributed by atoms with van der Waals surface area (Å²) in [5.41, 5.74) is 3.67. The quantitative estimate of drug-likeness (QED) is 0.750. The first-order valence-corrected chi connectivity index (χ1v) is 7.69. The Hall–Kier alpha value is -2.14. The molecule has 0 bridgehead atoms. The van der Waals surface area contributed by atoms with Crippen LogP contribution in [0.5, 0.6) is 0 Å². The molecule has 5 heteroatoms. The number of nitrogens with one attached hydrogen (secondary N) is 3. The first kappa shape index (κ1) is 14.8. The molecule has 2 heterocycles. The number of amides is 1. The van der Waals surface area contributed by atoms with Gasteiger partial charge in [0, 0.05) is 0 Å². The van der Waals surface area contributed by atoms with Crippen molar-refractivity contribution in [2.24, 2.45) is 4.99 Å². The predicted octanol–water partition coefficient (Wildman–Crippen LogP) is 2.28. The van der Waals surface area contributed by atoms with Crippen molar-refractivity contribution in [3.05, 3.63) is 29.8 Å². The maximum absolute atomic E-state index is 12.5. The molecule has 0 atom stereocenters. The number of hydrogen-bond acceptors (Lipinski definition) is 4. The highest BCUT2D eigenvalue weighted by molar-refractivity contribution is 6.06. The summed E-state index contributed by atoms with van der Waals surface area (Å²) < 4.78 is 0. The fourth-order valence-corrected chi connectivity index (χ4v) is 3.08. The van der Waals surface area contributed by atoms with Crippen LogP contribution in [0.2, 0.25) is 0 Å². The number of allylic oxidation sites excluding steroid dienone is 1. The van der Waals surface area contributed by atoms with Gasteiger partial charge >= 0.3 is 0 Å². The number of piperidine rings is 1. The van der Waals surface area contributed by atoms with Crippen molar-refractivity contribution in [3.63, 3.8) is 0 Å². The van der Waals surface area contributed by atoms with Gasteiger partial charge in [-0.3, -0.25) is 9.79 Å². The molecule has 1 aromatic carbocycles. The third kappa shape index (κ3) is 2.64. The third-order valence-electron chi connectivity index (χ3n) is 4.52. The average molecular weight is 298 g/mol. The van der Waals surface area contributed by atoms with Gasteiger partial charge in [0.05, 0.1) is 17.9 Å². The molecule has 1 aromatic rings. The van der Waals surface area contributed by atoms with Gasteiger partial charge < -0.3 is 16.0 Å². The van der Waals surface area contributed by atoms with Crippen LogP contribution in [0.3, 0.4) is 0 Å². The highest BCUT2D eigenvalue weighted by Gasteiger charge is 2.42. The van der Waals surface area contributed by atoms with E-state index in [4.69, 9.17) is 0 Å². The summed E-state index contributed by atoms with van der Waals surface area (Å²) in [6.45, 7) is 7.90. The van der Waals surface area contributed by atoms with Crippen LogP contribution in [0.4, 0.5) is 11.4 Å². The summed E-state index contributed by atoms with van der Waals surface area (Å²) in [4.78, 5) is 16.3. The van der Waals surface area contributed by atoms with Crippen LogP contribution in [0.25, 0.3) is 5.57 Å². The fraction of sp³-hybridized carbons (Fsp3) is 0.412. The summed E-state index contributed by atoms with van der Waals surface area (Å²) in [7, 11) is 0. The number of aliphatic imine (C=N–C) groups is 1. The number of rotatable bonds is 3. The van der Waals surface area contributed by atoms with E-state index >= 15 is 0 Å². The van der Waals surface area contributed by atoms with Gasteiger partial charge in [-0.25, -0.2) is 0 Å². The minimum absolute atomic E-state index is 0.0809. The standard InChI is InChI=1S/C17H22N4O/c1-12(5-8-18-2)13-3-4-14-15(11-13)21-17(16(22)20-14)6-9-19-10-7-17/h3-5,11,19,21H,2,6-10H2,1H3,(H,20,22)/b12-5+.